The molecule has 7 nitrogen and oxygen atoms in total. The molecule has 146 valence electrons. The molecule has 1 aliphatic rings. The van der Waals surface area contributed by atoms with Crippen molar-refractivity contribution in [2.24, 2.45) is 0 Å². The van der Waals surface area contributed by atoms with E-state index in [1.54, 1.807) is 6.20 Å². The van der Waals surface area contributed by atoms with Crippen LogP contribution in [0.5, 0.6) is 5.75 Å². The van der Waals surface area contributed by atoms with Gasteiger partial charge in [0, 0.05) is 49.0 Å². The molecule has 0 radical (unpaired) electrons. The Balaban J connectivity index is 1.70. The molecule has 0 saturated carbocycles. The molecule has 0 unspecified atom stereocenters. The van der Waals surface area contributed by atoms with Crippen LogP contribution in [0.1, 0.15) is 19.8 Å². The van der Waals surface area contributed by atoms with Gasteiger partial charge in [0.15, 0.2) is 5.13 Å². The van der Waals surface area contributed by atoms with Crippen molar-refractivity contribution in [2.45, 2.75) is 25.9 Å². The summed E-state index contributed by atoms with van der Waals surface area (Å²) in [5, 5.41) is 6.05. The maximum Gasteiger partial charge on any atom is 0.321 e. The van der Waals surface area contributed by atoms with Crippen molar-refractivity contribution < 1.29 is 14.3 Å². The number of benzene rings is 1. The number of hydrogen-bond acceptors (Lipinski definition) is 6. The molecule has 0 spiro atoms. The highest BCUT2D eigenvalue weighted by atomic mass is 32.1. The maximum absolute atomic E-state index is 11.8. The Bertz CT molecular complexity index is 955. The summed E-state index contributed by atoms with van der Waals surface area (Å²) in [4.78, 5) is 20.6. The summed E-state index contributed by atoms with van der Waals surface area (Å²) in [5.41, 5.74) is 2.73. The van der Waals surface area contributed by atoms with Crippen molar-refractivity contribution in [3.8, 4) is 16.9 Å². The fourth-order valence-electron chi connectivity index (χ4n) is 3.13. The SMILES string of the molecule is CCNC(=O)Nc1nc2cc(-c3cccnc3)c(OC3CCOCC3)cc2s1. The Morgan fingerprint density at radius 1 is 1.36 bits per heavy atom. The quantitative estimate of drug-likeness (QED) is 0.677. The number of rotatable bonds is 5. The van der Waals surface area contributed by atoms with E-state index in [0.717, 1.165) is 53.1 Å². The number of hydrogen-bond donors (Lipinski definition) is 2. The highest BCUT2D eigenvalue weighted by Crippen LogP contribution is 2.38. The van der Waals surface area contributed by atoms with Crippen LogP contribution in [-0.2, 0) is 4.74 Å². The fraction of sp³-hybridized carbons (Fsp3) is 0.350. The van der Waals surface area contributed by atoms with Crippen LogP contribution in [0, 0.1) is 0 Å². The van der Waals surface area contributed by atoms with Gasteiger partial charge in [0.2, 0.25) is 0 Å². The number of aromatic nitrogens is 2. The number of pyridine rings is 1. The largest absolute Gasteiger partial charge is 0.490 e. The Labute approximate surface area is 167 Å². The van der Waals surface area contributed by atoms with Crippen molar-refractivity contribution in [2.75, 3.05) is 25.1 Å². The normalized spacial score (nSPS) is 14.8. The number of anilines is 1. The molecular weight excluding hydrogens is 376 g/mol. The molecule has 1 fully saturated rings. The van der Waals surface area contributed by atoms with E-state index in [2.05, 4.69) is 20.6 Å². The molecule has 2 aromatic heterocycles. The lowest BCUT2D eigenvalue weighted by molar-refractivity contribution is 0.0258. The minimum atomic E-state index is -0.257. The van der Waals surface area contributed by atoms with E-state index in [-0.39, 0.29) is 12.1 Å². The molecule has 2 amide bonds. The number of thiazole rings is 1. The smallest absolute Gasteiger partial charge is 0.321 e. The van der Waals surface area contributed by atoms with Crippen LogP contribution in [0.15, 0.2) is 36.7 Å². The summed E-state index contributed by atoms with van der Waals surface area (Å²) in [6.45, 7) is 3.87. The van der Waals surface area contributed by atoms with Gasteiger partial charge in [0.05, 0.1) is 23.4 Å². The van der Waals surface area contributed by atoms with Gasteiger partial charge in [-0.3, -0.25) is 10.3 Å². The number of urea groups is 1. The third kappa shape index (κ3) is 4.23. The highest BCUT2D eigenvalue weighted by Gasteiger charge is 2.19. The Hall–Kier alpha value is -2.71. The second-order valence-electron chi connectivity index (χ2n) is 6.49. The monoisotopic (exact) mass is 398 g/mol. The molecule has 0 bridgehead atoms. The maximum atomic E-state index is 11.8. The van der Waals surface area contributed by atoms with E-state index in [9.17, 15) is 4.79 Å². The van der Waals surface area contributed by atoms with E-state index in [0.29, 0.717) is 11.7 Å². The molecule has 3 aromatic rings. The summed E-state index contributed by atoms with van der Waals surface area (Å²) < 4.78 is 12.7. The van der Waals surface area contributed by atoms with Crippen LogP contribution in [0.3, 0.4) is 0 Å². The summed E-state index contributed by atoms with van der Waals surface area (Å²) in [6, 6.07) is 7.66. The van der Waals surface area contributed by atoms with Crippen LogP contribution in [0.2, 0.25) is 0 Å². The van der Waals surface area contributed by atoms with Gasteiger partial charge in [-0.1, -0.05) is 17.4 Å². The number of ether oxygens (including phenoxy) is 2. The minimum absolute atomic E-state index is 0.127. The zero-order valence-corrected chi connectivity index (χ0v) is 16.4. The molecule has 0 aliphatic carbocycles. The fourth-order valence-corrected chi connectivity index (χ4v) is 4.00. The van der Waals surface area contributed by atoms with Gasteiger partial charge >= 0.3 is 6.03 Å². The zero-order valence-electron chi connectivity index (χ0n) is 15.6. The molecule has 1 aromatic carbocycles. The number of carbonyl (C=O) groups is 1. The van der Waals surface area contributed by atoms with Gasteiger partial charge in [-0.05, 0) is 19.1 Å². The molecule has 0 atom stereocenters. The summed E-state index contributed by atoms with van der Waals surface area (Å²) >= 11 is 1.43. The van der Waals surface area contributed by atoms with Crippen LogP contribution < -0.4 is 15.4 Å². The third-order valence-electron chi connectivity index (χ3n) is 4.48. The van der Waals surface area contributed by atoms with Crippen molar-refractivity contribution in [1.82, 2.24) is 15.3 Å². The molecule has 8 heteroatoms. The Kier molecular flexibility index (Phi) is 5.68. The van der Waals surface area contributed by atoms with Crippen molar-refractivity contribution in [3.05, 3.63) is 36.7 Å². The summed E-state index contributed by atoms with van der Waals surface area (Å²) in [6.07, 6.45) is 5.44. The lowest BCUT2D eigenvalue weighted by Gasteiger charge is -2.24. The second-order valence-corrected chi connectivity index (χ2v) is 7.52. The molecule has 4 rings (SSSR count). The van der Waals surface area contributed by atoms with Gasteiger partial charge in [0.25, 0.3) is 0 Å². The first-order valence-corrected chi connectivity index (χ1v) is 10.2. The standard InChI is InChI=1S/C20H22N4O3S/c1-2-22-19(25)24-20-23-16-10-15(13-4-3-7-21-12-13)17(11-18(16)28-20)27-14-5-8-26-9-6-14/h3-4,7,10-12,14H,2,5-6,8-9H2,1H3,(H2,22,23,24,25). The predicted octanol–water partition coefficient (Wildman–Crippen LogP) is 4.06. The van der Waals surface area contributed by atoms with Gasteiger partial charge in [-0.25, -0.2) is 9.78 Å². The van der Waals surface area contributed by atoms with Crippen LogP contribution in [0.25, 0.3) is 21.3 Å². The van der Waals surface area contributed by atoms with Crippen molar-refractivity contribution in [1.29, 1.82) is 0 Å². The first-order chi connectivity index (χ1) is 13.7. The Morgan fingerprint density at radius 2 is 2.21 bits per heavy atom. The molecular formula is C20H22N4O3S. The topological polar surface area (TPSA) is 85.4 Å². The van der Waals surface area contributed by atoms with Crippen molar-refractivity contribution in [3.63, 3.8) is 0 Å². The second kappa shape index (κ2) is 8.53. The van der Waals surface area contributed by atoms with Gasteiger partial charge in [-0.2, -0.15) is 0 Å². The van der Waals surface area contributed by atoms with E-state index in [1.165, 1.54) is 11.3 Å². The third-order valence-corrected chi connectivity index (χ3v) is 5.42. The average molecular weight is 398 g/mol. The minimum Gasteiger partial charge on any atom is -0.490 e. The van der Waals surface area contributed by atoms with E-state index >= 15 is 0 Å². The van der Waals surface area contributed by atoms with Crippen LogP contribution in [0.4, 0.5) is 9.93 Å². The number of nitrogens with one attached hydrogen (secondary N) is 2. The molecule has 28 heavy (non-hydrogen) atoms. The number of amides is 2. The number of carbonyl (C=O) groups excluding carboxylic acids is 1. The molecule has 2 N–H and O–H groups in total. The summed E-state index contributed by atoms with van der Waals surface area (Å²) in [7, 11) is 0. The summed E-state index contributed by atoms with van der Waals surface area (Å²) in [5.74, 6) is 0.806. The Morgan fingerprint density at radius 3 is 2.96 bits per heavy atom. The van der Waals surface area contributed by atoms with E-state index in [4.69, 9.17) is 9.47 Å². The highest BCUT2D eigenvalue weighted by molar-refractivity contribution is 7.22. The van der Waals surface area contributed by atoms with Gasteiger partial charge < -0.3 is 14.8 Å². The number of fused-ring (bicyclic) bond motifs is 1. The molecule has 1 saturated heterocycles. The molecule has 3 heterocycles. The first-order valence-electron chi connectivity index (χ1n) is 9.37. The van der Waals surface area contributed by atoms with Gasteiger partial charge in [0.1, 0.15) is 11.9 Å². The average Bonchev–Trinajstić information content (AvgIpc) is 3.10. The zero-order chi connectivity index (χ0) is 19.3. The van der Waals surface area contributed by atoms with Crippen LogP contribution >= 0.6 is 11.3 Å². The van der Waals surface area contributed by atoms with Crippen molar-refractivity contribution >= 4 is 32.7 Å². The van der Waals surface area contributed by atoms with E-state index < -0.39 is 0 Å². The van der Waals surface area contributed by atoms with E-state index in [1.807, 2.05) is 37.4 Å². The van der Waals surface area contributed by atoms with Gasteiger partial charge in [-0.15, -0.1) is 0 Å². The van der Waals surface area contributed by atoms with Crippen LogP contribution in [-0.4, -0.2) is 41.9 Å². The predicted molar refractivity (Wildman–Crippen MR) is 110 cm³/mol. The molecule has 1 aliphatic heterocycles. The lowest BCUT2D eigenvalue weighted by Crippen LogP contribution is -2.28. The number of nitrogens with zero attached hydrogens (tertiary/aromatic N) is 2. The first kappa shape index (κ1) is 18.6. The lowest BCUT2D eigenvalue weighted by atomic mass is 10.1.